The number of nitro groups is 1. The fourth-order valence-electron chi connectivity index (χ4n) is 2.94. The second kappa shape index (κ2) is 7.20. The Kier molecular flexibility index (Phi) is 5.31. The molecule has 0 unspecified atom stereocenters. The third-order valence-electron chi connectivity index (χ3n) is 4.15. The molecule has 5 nitrogen and oxygen atoms in total. The molecule has 114 valence electrons. The first-order valence-corrected chi connectivity index (χ1v) is 7.57. The van der Waals surface area contributed by atoms with Crippen LogP contribution in [0.3, 0.4) is 0 Å². The summed E-state index contributed by atoms with van der Waals surface area (Å²) < 4.78 is 5.62. The summed E-state index contributed by atoms with van der Waals surface area (Å²) in [6, 6.07) is 5.57. The fourth-order valence-corrected chi connectivity index (χ4v) is 2.94. The maximum absolute atomic E-state index is 12.1. The number of non-ortho nitro benzene ring substituents is 1. The van der Waals surface area contributed by atoms with Crippen LogP contribution >= 0.6 is 0 Å². The third-order valence-corrected chi connectivity index (χ3v) is 4.15. The second-order valence-electron chi connectivity index (χ2n) is 5.55. The summed E-state index contributed by atoms with van der Waals surface area (Å²) in [6.45, 7) is 2.03. The molecule has 0 spiro atoms. The first-order valence-electron chi connectivity index (χ1n) is 7.57. The molecule has 0 bridgehead atoms. The van der Waals surface area contributed by atoms with Crippen LogP contribution in [0.2, 0.25) is 0 Å². The topological polar surface area (TPSA) is 69.4 Å². The van der Waals surface area contributed by atoms with Gasteiger partial charge >= 0.3 is 5.97 Å². The number of benzene rings is 1. The molecule has 5 heteroatoms. The van der Waals surface area contributed by atoms with Crippen molar-refractivity contribution in [3.05, 3.63) is 39.9 Å². The molecule has 21 heavy (non-hydrogen) atoms. The summed E-state index contributed by atoms with van der Waals surface area (Å²) in [5.74, 6) is 0.0630. The SMILES string of the molecule is CC[C@@H](OC(=O)c1ccc([N+](=O)[O-])cc1)C1CCCCC1. The minimum atomic E-state index is -0.480. The van der Waals surface area contributed by atoms with Crippen LogP contribution in [0, 0.1) is 16.0 Å². The van der Waals surface area contributed by atoms with Gasteiger partial charge in [0, 0.05) is 12.1 Å². The van der Waals surface area contributed by atoms with Crippen molar-refractivity contribution in [3.8, 4) is 0 Å². The van der Waals surface area contributed by atoms with Gasteiger partial charge in [-0.05, 0) is 37.3 Å². The first kappa shape index (κ1) is 15.5. The molecule has 1 fully saturated rings. The molecule has 0 heterocycles. The third kappa shape index (κ3) is 4.03. The van der Waals surface area contributed by atoms with Gasteiger partial charge in [0.1, 0.15) is 6.10 Å². The van der Waals surface area contributed by atoms with E-state index in [1.165, 1.54) is 43.5 Å². The van der Waals surface area contributed by atoms with Gasteiger partial charge in [-0.25, -0.2) is 4.79 Å². The second-order valence-corrected chi connectivity index (χ2v) is 5.55. The molecule has 0 aliphatic heterocycles. The van der Waals surface area contributed by atoms with Crippen molar-refractivity contribution in [3.63, 3.8) is 0 Å². The average Bonchev–Trinajstić information content (AvgIpc) is 2.53. The lowest BCUT2D eigenvalue weighted by atomic mass is 9.84. The number of rotatable bonds is 5. The minimum Gasteiger partial charge on any atom is -0.459 e. The molecule has 0 radical (unpaired) electrons. The van der Waals surface area contributed by atoms with Crippen molar-refractivity contribution >= 4 is 11.7 Å². The van der Waals surface area contributed by atoms with Crippen molar-refractivity contribution in [2.75, 3.05) is 0 Å². The van der Waals surface area contributed by atoms with Gasteiger partial charge in [0.05, 0.1) is 10.5 Å². The summed E-state index contributed by atoms with van der Waals surface area (Å²) in [6.07, 6.45) is 6.67. The number of hydrogen-bond donors (Lipinski definition) is 0. The highest BCUT2D eigenvalue weighted by molar-refractivity contribution is 5.89. The predicted octanol–water partition coefficient (Wildman–Crippen LogP) is 4.11. The zero-order chi connectivity index (χ0) is 15.2. The number of nitro benzene ring substituents is 1. The lowest BCUT2D eigenvalue weighted by molar-refractivity contribution is -0.384. The molecule has 2 rings (SSSR count). The lowest BCUT2D eigenvalue weighted by Gasteiger charge is -2.29. The zero-order valence-corrected chi connectivity index (χ0v) is 12.3. The van der Waals surface area contributed by atoms with Crippen molar-refractivity contribution in [2.45, 2.75) is 51.6 Å². The van der Waals surface area contributed by atoms with Gasteiger partial charge in [0.15, 0.2) is 0 Å². The molecule has 1 aliphatic rings. The normalized spacial score (nSPS) is 17.2. The molecule has 1 saturated carbocycles. The first-order chi connectivity index (χ1) is 10.1. The number of nitrogens with zero attached hydrogens (tertiary/aromatic N) is 1. The van der Waals surface area contributed by atoms with Crippen molar-refractivity contribution in [1.29, 1.82) is 0 Å². The van der Waals surface area contributed by atoms with Crippen LogP contribution in [0.5, 0.6) is 0 Å². The van der Waals surface area contributed by atoms with Crippen molar-refractivity contribution < 1.29 is 14.5 Å². The van der Waals surface area contributed by atoms with E-state index in [2.05, 4.69) is 0 Å². The highest BCUT2D eigenvalue weighted by Crippen LogP contribution is 2.30. The van der Waals surface area contributed by atoms with Crippen LogP contribution in [0.1, 0.15) is 55.8 Å². The van der Waals surface area contributed by atoms with Crippen LogP contribution in [0.25, 0.3) is 0 Å². The Bertz CT molecular complexity index is 492. The van der Waals surface area contributed by atoms with E-state index in [4.69, 9.17) is 4.74 Å². The molecule has 0 aromatic heterocycles. The Hall–Kier alpha value is -1.91. The Balaban J connectivity index is 1.99. The molecular weight excluding hydrogens is 270 g/mol. The Labute approximate surface area is 124 Å². The Morgan fingerprint density at radius 1 is 1.29 bits per heavy atom. The van der Waals surface area contributed by atoms with E-state index in [0.717, 1.165) is 19.3 Å². The van der Waals surface area contributed by atoms with Gasteiger partial charge in [-0.3, -0.25) is 10.1 Å². The van der Waals surface area contributed by atoms with Gasteiger partial charge in [0.2, 0.25) is 0 Å². The number of carbonyl (C=O) groups is 1. The average molecular weight is 291 g/mol. The van der Waals surface area contributed by atoms with Crippen molar-refractivity contribution in [2.24, 2.45) is 5.92 Å². The van der Waals surface area contributed by atoms with E-state index in [1.54, 1.807) is 0 Å². The van der Waals surface area contributed by atoms with Crippen LogP contribution in [0.4, 0.5) is 5.69 Å². The highest BCUT2D eigenvalue weighted by Gasteiger charge is 2.26. The number of esters is 1. The summed E-state index contributed by atoms with van der Waals surface area (Å²) >= 11 is 0. The van der Waals surface area contributed by atoms with Crippen LogP contribution in [-0.4, -0.2) is 17.0 Å². The minimum absolute atomic E-state index is 0.0223. The van der Waals surface area contributed by atoms with Crippen LogP contribution < -0.4 is 0 Å². The Morgan fingerprint density at radius 3 is 2.43 bits per heavy atom. The molecule has 1 aliphatic carbocycles. The molecular formula is C16H21NO4. The smallest absolute Gasteiger partial charge is 0.338 e. The summed E-state index contributed by atoms with van der Waals surface area (Å²) in [7, 11) is 0. The van der Waals surface area contributed by atoms with Crippen molar-refractivity contribution in [1.82, 2.24) is 0 Å². The van der Waals surface area contributed by atoms with Gasteiger partial charge in [-0.1, -0.05) is 26.2 Å². The number of ether oxygens (including phenoxy) is 1. The van der Waals surface area contributed by atoms with E-state index in [-0.39, 0.29) is 17.8 Å². The number of hydrogen-bond acceptors (Lipinski definition) is 4. The van der Waals surface area contributed by atoms with Gasteiger partial charge in [0.25, 0.3) is 5.69 Å². The summed E-state index contributed by atoms with van der Waals surface area (Å²) in [5, 5.41) is 10.6. The molecule has 1 aromatic carbocycles. The lowest BCUT2D eigenvalue weighted by Crippen LogP contribution is -2.28. The molecule has 1 atom stereocenters. The van der Waals surface area contributed by atoms with E-state index in [9.17, 15) is 14.9 Å². The summed E-state index contributed by atoms with van der Waals surface area (Å²) in [5.41, 5.74) is 0.348. The van der Waals surface area contributed by atoms with E-state index >= 15 is 0 Å². The molecule has 1 aromatic rings. The quantitative estimate of drug-likeness (QED) is 0.465. The maximum atomic E-state index is 12.1. The van der Waals surface area contributed by atoms with Gasteiger partial charge < -0.3 is 4.74 Å². The zero-order valence-electron chi connectivity index (χ0n) is 12.3. The fraction of sp³-hybridized carbons (Fsp3) is 0.562. The monoisotopic (exact) mass is 291 g/mol. The van der Waals surface area contributed by atoms with E-state index in [1.807, 2.05) is 6.92 Å². The summed E-state index contributed by atoms with van der Waals surface area (Å²) in [4.78, 5) is 22.3. The maximum Gasteiger partial charge on any atom is 0.338 e. The largest absolute Gasteiger partial charge is 0.459 e. The molecule has 0 amide bonds. The van der Waals surface area contributed by atoms with Crippen LogP contribution in [-0.2, 0) is 4.74 Å². The van der Waals surface area contributed by atoms with Gasteiger partial charge in [-0.2, -0.15) is 0 Å². The molecule has 0 saturated heterocycles. The van der Waals surface area contributed by atoms with Crippen LogP contribution in [0.15, 0.2) is 24.3 Å². The standard InChI is InChI=1S/C16H21NO4/c1-2-15(12-6-4-3-5-7-12)21-16(18)13-8-10-14(11-9-13)17(19)20/h8-12,15H,2-7H2,1H3/t15-/m1/s1. The van der Waals surface area contributed by atoms with Gasteiger partial charge in [-0.15, -0.1) is 0 Å². The van der Waals surface area contributed by atoms with E-state index in [0.29, 0.717) is 11.5 Å². The Morgan fingerprint density at radius 2 is 1.90 bits per heavy atom. The number of carbonyl (C=O) groups excluding carboxylic acids is 1. The predicted molar refractivity (Wildman–Crippen MR) is 79.2 cm³/mol. The highest BCUT2D eigenvalue weighted by atomic mass is 16.6. The van der Waals surface area contributed by atoms with E-state index < -0.39 is 4.92 Å². The molecule has 0 N–H and O–H groups in total.